The number of anilines is 1. The molecular formula is C10H11N3O2. The van der Waals surface area contributed by atoms with E-state index in [-0.39, 0.29) is 12.5 Å². The molecule has 0 aliphatic carbocycles. The topological polar surface area (TPSA) is 75.0 Å². The van der Waals surface area contributed by atoms with Crippen molar-refractivity contribution >= 4 is 11.8 Å². The summed E-state index contributed by atoms with van der Waals surface area (Å²) >= 11 is 0. The first-order valence-electron chi connectivity index (χ1n) is 4.52. The van der Waals surface area contributed by atoms with Crippen molar-refractivity contribution in [3.05, 3.63) is 23.9 Å². The summed E-state index contributed by atoms with van der Waals surface area (Å²) in [5, 5.41) is 11.5. The summed E-state index contributed by atoms with van der Waals surface area (Å²) in [5.41, 5.74) is 0.404. The molecule has 0 atom stereocenters. The Hall–Kier alpha value is -2.09. The number of nitrogens with zero attached hydrogens (tertiary/aromatic N) is 2. The van der Waals surface area contributed by atoms with Crippen LogP contribution in [0.15, 0.2) is 18.3 Å². The minimum Gasteiger partial charge on any atom is -0.465 e. The Kier molecular flexibility index (Phi) is 4.10. The minimum absolute atomic E-state index is 0.0134. The van der Waals surface area contributed by atoms with Crippen LogP contribution in [0, 0.1) is 11.3 Å². The number of esters is 1. The zero-order valence-corrected chi connectivity index (χ0v) is 8.36. The Morgan fingerprint density at radius 3 is 3.20 bits per heavy atom. The highest BCUT2D eigenvalue weighted by Crippen LogP contribution is 2.08. The average molecular weight is 205 g/mol. The Morgan fingerprint density at radius 2 is 2.53 bits per heavy atom. The van der Waals surface area contributed by atoms with Gasteiger partial charge in [-0.05, 0) is 19.1 Å². The summed E-state index contributed by atoms with van der Waals surface area (Å²) in [7, 11) is 0. The lowest BCUT2D eigenvalue weighted by Crippen LogP contribution is -2.17. The van der Waals surface area contributed by atoms with Crippen molar-refractivity contribution in [2.75, 3.05) is 18.5 Å². The molecule has 5 nitrogen and oxygen atoms in total. The highest BCUT2D eigenvalue weighted by molar-refractivity contribution is 5.75. The normalized spacial score (nSPS) is 9.07. The molecule has 0 amide bonds. The molecule has 15 heavy (non-hydrogen) atoms. The first-order chi connectivity index (χ1) is 7.27. The monoisotopic (exact) mass is 205 g/mol. The van der Waals surface area contributed by atoms with Crippen molar-refractivity contribution in [1.29, 1.82) is 5.26 Å². The van der Waals surface area contributed by atoms with Crippen LogP contribution in [-0.2, 0) is 9.53 Å². The Morgan fingerprint density at radius 1 is 1.73 bits per heavy atom. The van der Waals surface area contributed by atoms with E-state index in [2.05, 4.69) is 10.3 Å². The molecule has 0 saturated heterocycles. The molecule has 1 aromatic heterocycles. The van der Waals surface area contributed by atoms with E-state index in [1.165, 1.54) is 0 Å². The van der Waals surface area contributed by atoms with Gasteiger partial charge in [0.1, 0.15) is 18.4 Å². The van der Waals surface area contributed by atoms with E-state index < -0.39 is 0 Å². The first-order valence-corrected chi connectivity index (χ1v) is 4.52. The van der Waals surface area contributed by atoms with Crippen LogP contribution < -0.4 is 5.32 Å². The number of nitriles is 1. The smallest absolute Gasteiger partial charge is 0.325 e. The number of pyridine rings is 1. The van der Waals surface area contributed by atoms with E-state index in [0.29, 0.717) is 18.0 Å². The van der Waals surface area contributed by atoms with E-state index in [1.807, 2.05) is 6.07 Å². The number of aromatic nitrogens is 1. The predicted octanol–water partition coefficient (Wildman–Crippen LogP) is 0.928. The van der Waals surface area contributed by atoms with Gasteiger partial charge in [0.15, 0.2) is 0 Å². The van der Waals surface area contributed by atoms with Crippen LogP contribution in [-0.4, -0.2) is 24.1 Å². The van der Waals surface area contributed by atoms with E-state index >= 15 is 0 Å². The number of ether oxygens (including phenoxy) is 1. The molecule has 0 aliphatic rings. The fourth-order valence-electron chi connectivity index (χ4n) is 1.00. The highest BCUT2D eigenvalue weighted by atomic mass is 16.5. The van der Waals surface area contributed by atoms with Crippen molar-refractivity contribution in [2.45, 2.75) is 6.92 Å². The van der Waals surface area contributed by atoms with E-state index in [4.69, 9.17) is 10.00 Å². The van der Waals surface area contributed by atoms with Crippen molar-refractivity contribution < 1.29 is 9.53 Å². The van der Waals surface area contributed by atoms with Gasteiger partial charge in [-0.15, -0.1) is 0 Å². The molecule has 0 bridgehead atoms. The molecular weight excluding hydrogens is 194 g/mol. The maximum absolute atomic E-state index is 11.0. The van der Waals surface area contributed by atoms with Gasteiger partial charge >= 0.3 is 5.97 Å². The number of hydrogen-bond donors (Lipinski definition) is 1. The molecule has 0 aliphatic heterocycles. The molecule has 0 saturated carbocycles. The summed E-state index contributed by atoms with van der Waals surface area (Å²) in [6.07, 6.45) is 1.55. The van der Waals surface area contributed by atoms with Crippen LogP contribution >= 0.6 is 0 Å². The second-order valence-corrected chi connectivity index (χ2v) is 2.67. The van der Waals surface area contributed by atoms with Crippen molar-refractivity contribution in [3.8, 4) is 6.07 Å². The van der Waals surface area contributed by atoms with Crippen LogP contribution in [0.4, 0.5) is 5.82 Å². The van der Waals surface area contributed by atoms with Crippen molar-refractivity contribution in [1.82, 2.24) is 4.98 Å². The van der Waals surface area contributed by atoms with Gasteiger partial charge in [0.25, 0.3) is 0 Å². The average Bonchev–Trinajstić information content (AvgIpc) is 2.27. The Labute approximate surface area is 87.7 Å². The van der Waals surface area contributed by atoms with Crippen molar-refractivity contribution in [2.24, 2.45) is 0 Å². The number of rotatable bonds is 4. The second kappa shape index (κ2) is 5.60. The summed E-state index contributed by atoms with van der Waals surface area (Å²) < 4.78 is 4.72. The van der Waals surface area contributed by atoms with Crippen LogP contribution in [0.3, 0.4) is 0 Å². The first kappa shape index (κ1) is 11.0. The Balaban J connectivity index is 2.58. The maximum Gasteiger partial charge on any atom is 0.325 e. The lowest BCUT2D eigenvalue weighted by Gasteiger charge is -2.05. The SMILES string of the molecule is CCOC(=O)CNc1ncccc1C#N. The van der Waals surface area contributed by atoms with E-state index in [1.54, 1.807) is 25.3 Å². The van der Waals surface area contributed by atoms with Gasteiger partial charge in [0.2, 0.25) is 0 Å². The summed E-state index contributed by atoms with van der Waals surface area (Å²) in [5.74, 6) is 0.0279. The molecule has 0 radical (unpaired) electrons. The molecule has 0 fully saturated rings. The molecule has 1 N–H and O–H groups in total. The van der Waals surface area contributed by atoms with Gasteiger partial charge in [-0.2, -0.15) is 5.26 Å². The van der Waals surface area contributed by atoms with Gasteiger partial charge in [-0.3, -0.25) is 4.79 Å². The summed E-state index contributed by atoms with van der Waals surface area (Å²) in [6.45, 7) is 2.09. The fraction of sp³-hybridized carbons (Fsp3) is 0.300. The second-order valence-electron chi connectivity index (χ2n) is 2.67. The number of carbonyl (C=O) groups is 1. The van der Waals surface area contributed by atoms with Crippen LogP contribution in [0.25, 0.3) is 0 Å². The zero-order valence-electron chi connectivity index (χ0n) is 8.36. The molecule has 0 aromatic carbocycles. The van der Waals surface area contributed by atoms with Gasteiger partial charge in [0, 0.05) is 6.20 Å². The highest BCUT2D eigenvalue weighted by Gasteiger charge is 2.05. The van der Waals surface area contributed by atoms with Crippen LogP contribution in [0.5, 0.6) is 0 Å². The number of nitrogens with one attached hydrogen (secondary N) is 1. The van der Waals surface area contributed by atoms with Crippen molar-refractivity contribution in [3.63, 3.8) is 0 Å². The fourth-order valence-corrected chi connectivity index (χ4v) is 1.00. The number of carbonyl (C=O) groups excluding carboxylic acids is 1. The minimum atomic E-state index is -0.368. The Bertz CT molecular complexity index is 384. The third kappa shape index (κ3) is 3.27. The molecule has 5 heteroatoms. The molecule has 1 rings (SSSR count). The third-order valence-electron chi connectivity index (χ3n) is 1.63. The summed E-state index contributed by atoms with van der Waals surface area (Å²) in [4.78, 5) is 15.0. The molecule has 78 valence electrons. The predicted molar refractivity (Wildman–Crippen MR) is 54.1 cm³/mol. The largest absolute Gasteiger partial charge is 0.465 e. The third-order valence-corrected chi connectivity index (χ3v) is 1.63. The molecule has 0 spiro atoms. The zero-order chi connectivity index (χ0) is 11.1. The van der Waals surface area contributed by atoms with Gasteiger partial charge < -0.3 is 10.1 Å². The maximum atomic E-state index is 11.0. The van der Waals surface area contributed by atoms with E-state index in [0.717, 1.165) is 0 Å². The lowest BCUT2D eigenvalue weighted by molar-refractivity contribution is -0.140. The molecule has 1 aromatic rings. The number of hydrogen-bond acceptors (Lipinski definition) is 5. The molecule has 1 heterocycles. The van der Waals surface area contributed by atoms with Gasteiger partial charge in [-0.1, -0.05) is 0 Å². The van der Waals surface area contributed by atoms with Gasteiger partial charge in [-0.25, -0.2) is 4.98 Å². The lowest BCUT2D eigenvalue weighted by atomic mass is 10.3. The molecule has 0 unspecified atom stereocenters. The quantitative estimate of drug-likeness (QED) is 0.740. The van der Waals surface area contributed by atoms with Crippen LogP contribution in [0.2, 0.25) is 0 Å². The van der Waals surface area contributed by atoms with E-state index in [9.17, 15) is 4.79 Å². The summed E-state index contributed by atoms with van der Waals surface area (Å²) in [6, 6.07) is 5.26. The van der Waals surface area contributed by atoms with Crippen LogP contribution in [0.1, 0.15) is 12.5 Å². The van der Waals surface area contributed by atoms with Gasteiger partial charge in [0.05, 0.1) is 12.2 Å². The standard InChI is InChI=1S/C10H11N3O2/c1-2-15-9(14)7-13-10-8(6-11)4-3-5-12-10/h3-5H,2,7H2,1H3,(H,12,13).